The van der Waals surface area contributed by atoms with Gasteiger partial charge in [0.25, 0.3) is 0 Å². The highest BCUT2D eigenvalue weighted by molar-refractivity contribution is 7.09. The maximum atomic E-state index is 9.75. The second-order valence-electron chi connectivity index (χ2n) is 8.66. The van der Waals surface area contributed by atoms with Crippen LogP contribution in [-0.2, 0) is 0 Å². The topological polar surface area (TPSA) is 193 Å². The van der Waals surface area contributed by atoms with Crippen molar-refractivity contribution in [3.63, 3.8) is 0 Å². The van der Waals surface area contributed by atoms with Crippen LogP contribution in [0.25, 0.3) is 44.5 Å². The molecule has 0 aliphatic heterocycles. The van der Waals surface area contributed by atoms with Crippen molar-refractivity contribution < 1.29 is 40.2 Å². The van der Waals surface area contributed by atoms with Crippen LogP contribution in [0.3, 0.4) is 0 Å². The molecule has 0 aliphatic carbocycles. The van der Waals surface area contributed by atoms with Gasteiger partial charge < -0.3 is 40.2 Å². The number of aromatic nitrogens is 3. The predicted molar refractivity (Wildman–Crippen MR) is 147 cm³/mol. The molecule has 11 nitrogen and oxygen atoms in total. The van der Waals surface area contributed by atoms with E-state index in [2.05, 4.69) is 14.3 Å². The minimum atomic E-state index is -0.302. The molecule has 6 rings (SSSR count). The van der Waals surface area contributed by atoms with Gasteiger partial charge in [-0.15, -0.1) is 0 Å². The molecule has 6 aromatic rings. The average Bonchev–Trinajstić information content (AvgIpc) is 3.57. The van der Waals surface area contributed by atoms with Crippen LogP contribution in [-0.4, -0.2) is 50.1 Å². The molecule has 0 radical (unpaired) electrons. The molecule has 0 saturated heterocycles. The maximum absolute atomic E-state index is 9.75. The van der Waals surface area contributed by atoms with Crippen LogP contribution in [0.1, 0.15) is 5.56 Å². The number of nitrogens with zero attached hydrogens (tertiary/aromatic N) is 3. The Labute approximate surface area is 230 Å². The minimum absolute atomic E-state index is 0.183. The van der Waals surface area contributed by atoms with E-state index in [1.54, 1.807) is 12.1 Å². The van der Waals surface area contributed by atoms with E-state index >= 15 is 0 Å². The monoisotopic (exact) mass is 559 g/mol. The number of phenolic OH excluding ortho intramolecular Hbond substituents is 7. The number of aryl methyl sites for hydroxylation is 1. The second-order valence-corrected chi connectivity index (χ2v) is 9.41. The number of fused-ring (bicyclic) bond motifs is 1. The molecule has 202 valence electrons. The molecule has 0 spiro atoms. The van der Waals surface area contributed by atoms with E-state index in [9.17, 15) is 35.7 Å². The molecule has 2 aromatic heterocycles. The molecule has 0 aliphatic rings. The molecule has 40 heavy (non-hydrogen) atoms. The van der Waals surface area contributed by atoms with Crippen LogP contribution < -0.4 is 0 Å². The largest absolute Gasteiger partial charge is 0.508 e. The van der Waals surface area contributed by atoms with Gasteiger partial charge >= 0.3 is 0 Å². The standard InChI is InChI=1S/C15H12N2O3S.C13H9NO5/c1-8-2-3-10(7-12(8)19)15-16-14(17-21-15)9-4-5-11(18)13(20)6-9;15-8-2-1-6(3-9(8)16)13-14-7-4-10(17)11(18)5-12(7)19-13/h2-7,18-20H,1H3;1-5,15-18H. The van der Waals surface area contributed by atoms with Crippen LogP contribution in [0, 0.1) is 6.92 Å². The van der Waals surface area contributed by atoms with Gasteiger partial charge in [-0.2, -0.15) is 4.37 Å². The Morgan fingerprint density at radius 1 is 0.575 bits per heavy atom. The Bertz CT molecular complexity index is 1760. The zero-order valence-corrected chi connectivity index (χ0v) is 21.5. The summed E-state index contributed by atoms with van der Waals surface area (Å²) < 4.78 is 9.65. The van der Waals surface area contributed by atoms with E-state index in [-0.39, 0.29) is 46.1 Å². The van der Waals surface area contributed by atoms with Gasteiger partial charge in [0.1, 0.15) is 16.3 Å². The lowest BCUT2D eigenvalue weighted by Crippen LogP contribution is -1.82. The number of phenols is 7. The first-order valence-electron chi connectivity index (χ1n) is 11.6. The van der Waals surface area contributed by atoms with E-state index in [1.165, 1.54) is 54.0 Å². The molecular weight excluding hydrogens is 538 g/mol. The van der Waals surface area contributed by atoms with E-state index in [4.69, 9.17) is 4.42 Å². The predicted octanol–water partition coefficient (Wildman–Crippen LogP) is 5.61. The normalized spacial score (nSPS) is 10.8. The van der Waals surface area contributed by atoms with E-state index in [0.29, 0.717) is 33.1 Å². The molecule has 0 amide bonds. The summed E-state index contributed by atoms with van der Waals surface area (Å²) in [5, 5.41) is 66.7. The molecule has 4 aromatic carbocycles. The Balaban J connectivity index is 0.000000162. The maximum Gasteiger partial charge on any atom is 0.227 e. The SMILES string of the molecule is Cc1ccc(-c2nc(-c3ccc(O)c(O)c3)ns2)cc1O.Oc1ccc(-c2nc3cc(O)c(O)cc3o2)cc1O. The fourth-order valence-electron chi connectivity index (χ4n) is 3.60. The van der Waals surface area contributed by atoms with Crippen LogP contribution in [0.15, 0.2) is 71.1 Å². The van der Waals surface area contributed by atoms with Gasteiger partial charge in [-0.1, -0.05) is 12.1 Å². The van der Waals surface area contributed by atoms with Gasteiger partial charge in [0.05, 0.1) is 0 Å². The molecule has 0 atom stereocenters. The second kappa shape index (κ2) is 10.3. The molecule has 0 fully saturated rings. The van der Waals surface area contributed by atoms with Crippen LogP contribution >= 0.6 is 11.5 Å². The van der Waals surface area contributed by atoms with Crippen molar-refractivity contribution in [3.05, 3.63) is 72.3 Å². The zero-order valence-electron chi connectivity index (χ0n) is 20.6. The van der Waals surface area contributed by atoms with Crippen LogP contribution in [0.2, 0.25) is 0 Å². The highest BCUT2D eigenvalue weighted by Crippen LogP contribution is 2.36. The fraction of sp³-hybridized carbons (Fsp3) is 0.0357. The van der Waals surface area contributed by atoms with Crippen molar-refractivity contribution >= 4 is 22.6 Å². The zero-order chi connectivity index (χ0) is 28.6. The van der Waals surface area contributed by atoms with E-state index < -0.39 is 0 Å². The van der Waals surface area contributed by atoms with Crippen LogP contribution in [0.5, 0.6) is 40.2 Å². The summed E-state index contributed by atoms with van der Waals surface area (Å²) >= 11 is 1.21. The molecule has 7 N–H and O–H groups in total. The third-order valence-corrected chi connectivity index (χ3v) is 6.59. The number of rotatable bonds is 3. The van der Waals surface area contributed by atoms with Crippen molar-refractivity contribution in [2.75, 3.05) is 0 Å². The number of aromatic hydroxyl groups is 7. The number of hydrogen-bond acceptors (Lipinski definition) is 12. The third-order valence-electron chi connectivity index (χ3n) is 5.82. The molecule has 0 saturated carbocycles. The fourth-order valence-corrected chi connectivity index (χ4v) is 4.27. The number of hydrogen-bond donors (Lipinski definition) is 7. The van der Waals surface area contributed by atoms with Crippen molar-refractivity contribution in [1.82, 2.24) is 14.3 Å². The van der Waals surface area contributed by atoms with Gasteiger partial charge in [-0.05, 0) is 66.5 Å². The van der Waals surface area contributed by atoms with Gasteiger partial charge in [0.15, 0.2) is 45.9 Å². The lowest BCUT2D eigenvalue weighted by Gasteiger charge is -2.01. The van der Waals surface area contributed by atoms with E-state index in [1.807, 2.05) is 19.1 Å². The first-order chi connectivity index (χ1) is 19.1. The molecule has 2 heterocycles. The third kappa shape index (κ3) is 5.24. The summed E-state index contributed by atoms with van der Waals surface area (Å²) in [4.78, 5) is 8.52. The van der Waals surface area contributed by atoms with Crippen molar-refractivity contribution in [1.29, 1.82) is 0 Å². The minimum Gasteiger partial charge on any atom is -0.508 e. The molecule has 12 heteroatoms. The molecular formula is C28H21N3O8S. The molecule has 0 unspecified atom stereocenters. The van der Waals surface area contributed by atoms with Gasteiger partial charge in [0, 0.05) is 28.8 Å². The first-order valence-corrected chi connectivity index (χ1v) is 12.4. The van der Waals surface area contributed by atoms with Crippen LogP contribution in [0.4, 0.5) is 0 Å². The smallest absolute Gasteiger partial charge is 0.227 e. The van der Waals surface area contributed by atoms with Gasteiger partial charge in [0.2, 0.25) is 5.89 Å². The number of benzene rings is 4. The van der Waals surface area contributed by atoms with Crippen molar-refractivity contribution in [3.8, 4) is 73.7 Å². The summed E-state index contributed by atoms with van der Waals surface area (Å²) in [5.41, 5.74) is 3.34. The molecule has 0 bridgehead atoms. The summed E-state index contributed by atoms with van der Waals surface area (Å²) in [6, 6.07) is 16.4. The highest BCUT2D eigenvalue weighted by Gasteiger charge is 2.14. The Kier molecular flexibility index (Phi) is 6.76. The lowest BCUT2D eigenvalue weighted by molar-refractivity contribution is 0.403. The van der Waals surface area contributed by atoms with Crippen molar-refractivity contribution in [2.24, 2.45) is 0 Å². The van der Waals surface area contributed by atoms with Crippen molar-refractivity contribution in [2.45, 2.75) is 6.92 Å². The Hall–Kier alpha value is -5.49. The first kappa shape index (κ1) is 26.1. The average molecular weight is 560 g/mol. The summed E-state index contributed by atoms with van der Waals surface area (Å²) in [5.74, 6) is -0.632. The van der Waals surface area contributed by atoms with Gasteiger partial charge in [-0.3, -0.25) is 0 Å². The van der Waals surface area contributed by atoms with Gasteiger partial charge in [-0.25, -0.2) is 9.97 Å². The quantitative estimate of drug-likeness (QED) is 0.133. The van der Waals surface area contributed by atoms with E-state index in [0.717, 1.165) is 11.1 Å². The number of oxazole rings is 1. The Morgan fingerprint density at radius 3 is 1.82 bits per heavy atom. The lowest BCUT2D eigenvalue weighted by atomic mass is 10.1. The summed E-state index contributed by atoms with van der Waals surface area (Å²) in [7, 11) is 0. The highest BCUT2D eigenvalue weighted by atomic mass is 32.1. The summed E-state index contributed by atoms with van der Waals surface area (Å²) in [6.45, 7) is 1.82. The summed E-state index contributed by atoms with van der Waals surface area (Å²) in [6.07, 6.45) is 0. The Morgan fingerprint density at radius 2 is 1.15 bits per heavy atom.